The van der Waals surface area contributed by atoms with Gasteiger partial charge in [0.15, 0.2) is 17.9 Å². The minimum absolute atomic E-state index is 0.0784. The number of carboxylic acid groups (broad SMARTS) is 1. The monoisotopic (exact) mass is 518 g/mol. The number of nitrogens with one attached hydrogen (secondary N) is 1. The Morgan fingerprint density at radius 2 is 2.21 bits per heavy atom. The van der Waals surface area contributed by atoms with Crippen molar-refractivity contribution in [2.75, 3.05) is 11.5 Å². The first kappa shape index (κ1) is 22.2. The molecule has 3 aromatic heterocycles. The fraction of sp³-hybridized carbons (Fsp3) is 0.211. The van der Waals surface area contributed by atoms with Gasteiger partial charge < -0.3 is 21.4 Å². The van der Waals surface area contributed by atoms with E-state index in [1.165, 1.54) is 16.7 Å². The van der Waals surface area contributed by atoms with E-state index < -0.39 is 34.9 Å². The highest BCUT2D eigenvalue weighted by molar-refractivity contribution is 8.00. The van der Waals surface area contributed by atoms with Crippen molar-refractivity contribution in [2.24, 2.45) is 5.16 Å². The molecule has 1 fully saturated rings. The Hall–Kier alpha value is -3.56. The number of aromatic nitrogens is 3. The van der Waals surface area contributed by atoms with Gasteiger partial charge in [-0.05, 0) is 17.5 Å². The molecule has 34 heavy (non-hydrogen) atoms. The number of carbonyl (C=O) groups excluding carboxylic acids is 2. The van der Waals surface area contributed by atoms with Gasteiger partial charge in [0.05, 0.1) is 5.39 Å². The predicted octanol–water partition coefficient (Wildman–Crippen LogP) is 0.240. The summed E-state index contributed by atoms with van der Waals surface area (Å²) in [5, 5.41) is 27.0. The smallest absolute Gasteiger partial charge is 0.352 e. The van der Waals surface area contributed by atoms with Crippen molar-refractivity contribution < 1.29 is 29.3 Å². The van der Waals surface area contributed by atoms with Gasteiger partial charge in [-0.25, -0.2) is 4.79 Å². The van der Waals surface area contributed by atoms with Crippen molar-refractivity contribution in [2.45, 2.75) is 18.0 Å². The zero-order chi connectivity index (χ0) is 24.0. The van der Waals surface area contributed by atoms with Crippen LogP contribution in [0.5, 0.6) is 0 Å². The number of hydrogen-bond acceptors (Lipinski definition) is 11. The number of aliphatic carboxylic acids is 1. The molecule has 2 aliphatic heterocycles. The number of amides is 2. The Bertz CT molecular complexity index is 1400. The number of nitrogens with two attached hydrogens (primary N) is 1. The van der Waals surface area contributed by atoms with Gasteiger partial charge in [-0.15, -0.1) is 11.8 Å². The van der Waals surface area contributed by atoms with Gasteiger partial charge in [-0.1, -0.05) is 16.5 Å². The lowest BCUT2D eigenvalue weighted by atomic mass is 10.0. The molecule has 5 N–H and O–H groups in total. The van der Waals surface area contributed by atoms with Crippen molar-refractivity contribution in [3.05, 3.63) is 46.9 Å². The van der Waals surface area contributed by atoms with E-state index in [4.69, 9.17) is 5.73 Å². The molecule has 1 unspecified atom stereocenters. The van der Waals surface area contributed by atoms with Gasteiger partial charge in [0.1, 0.15) is 17.1 Å². The van der Waals surface area contributed by atoms with Crippen LogP contribution in [0.1, 0.15) is 5.82 Å². The van der Waals surface area contributed by atoms with Crippen LogP contribution in [0.15, 0.2) is 46.2 Å². The standard InChI is InChI=1S/C19H15N7O5S3/c20-19-22-13(24-34-19)10(23-31)14(27)21-11-15(28)26-12(18(29)30)9(7-33-17(11)26)6-25-4-1-2-8-3-5-32-16(8)25/h1-5,11,17H,6-7H2,(H4-,20,21,22,24,27,29,30,31)/p+1/t11?,17-/m1/s1. The molecular weight excluding hydrogens is 502 g/mol. The molecule has 12 nitrogen and oxygen atoms in total. The molecule has 15 heteroatoms. The number of nitrogen functional groups attached to an aromatic ring is 1. The van der Waals surface area contributed by atoms with Crippen LogP contribution < -0.4 is 15.6 Å². The fourth-order valence-electron chi connectivity index (χ4n) is 3.86. The minimum atomic E-state index is -1.21. The molecular formula is C19H16N7O5S3+. The van der Waals surface area contributed by atoms with Crippen LogP contribution in [0.2, 0.25) is 0 Å². The van der Waals surface area contributed by atoms with Crippen LogP contribution in [-0.2, 0) is 20.9 Å². The number of β-lactam (4-membered cyclic amide) rings is 1. The van der Waals surface area contributed by atoms with Crippen LogP contribution in [0.25, 0.3) is 10.2 Å². The summed E-state index contributed by atoms with van der Waals surface area (Å²) in [6, 6.07) is 4.86. The van der Waals surface area contributed by atoms with E-state index in [-0.39, 0.29) is 16.7 Å². The second-order valence-corrected chi connectivity index (χ2v) is 10.1. The normalized spacial score (nSPS) is 20.3. The van der Waals surface area contributed by atoms with E-state index in [0.29, 0.717) is 17.9 Å². The van der Waals surface area contributed by atoms with Crippen LogP contribution >= 0.6 is 34.6 Å². The lowest BCUT2D eigenvalue weighted by Crippen LogP contribution is -2.71. The second-order valence-electron chi connectivity index (χ2n) is 7.34. The molecule has 5 heterocycles. The zero-order valence-corrected chi connectivity index (χ0v) is 19.6. The summed E-state index contributed by atoms with van der Waals surface area (Å²) in [6.07, 6.45) is 1.87. The molecule has 0 aliphatic carbocycles. The third-order valence-electron chi connectivity index (χ3n) is 5.34. The molecule has 0 bridgehead atoms. The first-order valence-electron chi connectivity index (χ1n) is 9.77. The average molecular weight is 519 g/mol. The number of fused-ring (bicyclic) bond motifs is 2. The van der Waals surface area contributed by atoms with Gasteiger partial charge in [0.2, 0.25) is 11.5 Å². The van der Waals surface area contributed by atoms with Crippen molar-refractivity contribution in [1.82, 2.24) is 19.6 Å². The molecule has 0 saturated carbocycles. The summed E-state index contributed by atoms with van der Waals surface area (Å²) >= 11 is 3.72. The highest BCUT2D eigenvalue weighted by Gasteiger charge is 2.55. The number of carbonyl (C=O) groups is 3. The number of pyridine rings is 1. The number of hydrogen-bond donors (Lipinski definition) is 4. The maximum Gasteiger partial charge on any atom is 0.352 e. The number of thioether (sulfide) groups is 1. The molecule has 0 spiro atoms. The summed E-state index contributed by atoms with van der Waals surface area (Å²) in [6.45, 7) is 0.318. The summed E-state index contributed by atoms with van der Waals surface area (Å²) in [7, 11) is 0. The second kappa shape index (κ2) is 8.66. The number of carboxylic acids is 1. The number of thiophene rings is 1. The predicted molar refractivity (Wildman–Crippen MR) is 124 cm³/mol. The van der Waals surface area contributed by atoms with Gasteiger partial charge >= 0.3 is 5.97 Å². The number of oxime groups is 1. The summed E-state index contributed by atoms with van der Waals surface area (Å²) < 4.78 is 5.79. The zero-order valence-electron chi connectivity index (χ0n) is 17.1. The van der Waals surface area contributed by atoms with Crippen molar-refractivity contribution in [3.8, 4) is 0 Å². The maximum absolute atomic E-state index is 12.9. The molecule has 5 rings (SSSR count). The van der Waals surface area contributed by atoms with Crippen molar-refractivity contribution in [1.29, 1.82) is 0 Å². The quantitative estimate of drug-likeness (QED) is 0.117. The molecule has 0 radical (unpaired) electrons. The number of nitrogens with zero attached hydrogens (tertiary/aromatic N) is 5. The third kappa shape index (κ3) is 3.66. The summed E-state index contributed by atoms with van der Waals surface area (Å²) in [5.41, 5.74) is 5.53. The average Bonchev–Trinajstić information content (AvgIpc) is 3.47. The van der Waals surface area contributed by atoms with E-state index >= 15 is 0 Å². The van der Waals surface area contributed by atoms with Gasteiger partial charge in [0, 0.05) is 28.9 Å². The largest absolute Gasteiger partial charge is 0.477 e. The fourth-order valence-corrected chi connectivity index (χ4v) is 6.50. The number of rotatable bonds is 6. The van der Waals surface area contributed by atoms with Crippen LogP contribution in [-0.4, -0.2) is 65.2 Å². The summed E-state index contributed by atoms with van der Waals surface area (Å²) in [5.74, 6) is -2.46. The Morgan fingerprint density at radius 1 is 1.38 bits per heavy atom. The molecule has 2 aliphatic rings. The molecule has 3 aromatic rings. The highest BCUT2D eigenvalue weighted by atomic mass is 32.2. The van der Waals surface area contributed by atoms with Gasteiger partial charge in [0.25, 0.3) is 16.6 Å². The lowest BCUT2D eigenvalue weighted by Gasteiger charge is -2.49. The Balaban J connectivity index is 1.37. The molecule has 2 amide bonds. The van der Waals surface area contributed by atoms with E-state index in [0.717, 1.165) is 21.7 Å². The van der Waals surface area contributed by atoms with Gasteiger partial charge in [-0.3, -0.25) is 14.5 Å². The summed E-state index contributed by atoms with van der Waals surface area (Å²) in [4.78, 5) is 43.6. The van der Waals surface area contributed by atoms with Crippen molar-refractivity contribution in [3.63, 3.8) is 0 Å². The molecule has 0 aromatic carbocycles. The first-order chi connectivity index (χ1) is 16.4. The maximum atomic E-state index is 12.9. The third-order valence-corrected chi connectivity index (χ3v) is 8.19. The SMILES string of the molecule is Nc1nc(/C(=N/O)C(=O)NC2C(=O)N3C(C(=O)O)=C(C[n+]4cccc5ccsc54)CS[C@H]23)ns1. The molecule has 174 valence electrons. The van der Waals surface area contributed by atoms with Crippen molar-refractivity contribution >= 4 is 73.5 Å². The highest BCUT2D eigenvalue weighted by Crippen LogP contribution is 2.40. The van der Waals surface area contributed by atoms with E-state index in [1.54, 1.807) is 11.3 Å². The van der Waals surface area contributed by atoms with E-state index in [2.05, 4.69) is 19.8 Å². The topological polar surface area (TPSA) is 175 Å². The van der Waals surface area contributed by atoms with Crippen LogP contribution in [0, 0.1) is 0 Å². The Kier molecular flexibility index (Phi) is 5.66. The van der Waals surface area contributed by atoms with E-state index in [9.17, 15) is 24.7 Å². The first-order valence-corrected chi connectivity index (χ1v) is 12.5. The van der Waals surface area contributed by atoms with E-state index in [1.807, 2.05) is 34.3 Å². The number of anilines is 1. The Labute approximate surface area is 203 Å². The molecule has 2 atom stereocenters. The molecule has 1 saturated heterocycles. The van der Waals surface area contributed by atoms with Crippen LogP contribution in [0.3, 0.4) is 0 Å². The Morgan fingerprint density at radius 3 is 2.91 bits per heavy atom. The lowest BCUT2D eigenvalue weighted by molar-refractivity contribution is -0.661. The van der Waals surface area contributed by atoms with Crippen LogP contribution in [0.4, 0.5) is 5.13 Å². The minimum Gasteiger partial charge on any atom is -0.477 e. The van der Waals surface area contributed by atoms with Gasteiger partial charge in [-0.2, -0.15) is 13.9 Å².